The molecule has 0 aliphatic rings. The summed E-state index contributed by atoms with van der Waals surface area (Å²) < 4.78 is 11.6. The van der Waals surface area contributed by atoms with Gasteiger partial charge in [0.2, 0.25) is 0 Å². The van der Waals surface area contributed by atoms with Gasteiger partial charge in [-0.3, -0.25) is 0 Å². The molecule has 0 fully saturated rings. The lowest BCUT2D eigenvalue weighted by Gasteiger charge is -2.19. The van der Waals surface area contributed by atoms with Crippen molar-refractivity contribution in [2.75, 3.05) is 26.3 Å². The zero-order chi connectivity index (χ0) is 12.3. The average Bonchev–Trinajstić information content (AvgIpc) is 2.29. The van der Waals surface area contributed by atoms with E-state index >= 15 is 0 Å². The number of rotatable bonds is 4. The van der Waals surface area contributed by atoms with Gasteiger partial charge in [0, 0.05) is 11.6 Å². The van der Waals surface area contributed by atoms with Crippen LogP contribution in [0.3, 0.4) is 0 Å². The van der Waals surface area contributed by atoms with Crippen LogP contribution < -0.4 is 10.1 Å². The van der Waals surface area contributed by atoms with Crippen LogP contribution in [0.4, 0.5) is 5.69 Å². The molecule has 0 radical (unpaired) electrons. The number of hydrogen-bond acceptors (Lipinski definition) is 3. The molecule has 1 rings (SSSR count). The molecule has 1 aromatic carbocycles. The van der Waals surface area contributed by atoms with Gasteiger partial charge < -0.3 is 14.8 Å². The molecule has 0 atom stereocenters. The summed E-state index contributed by atoms with van der Waals surface area (Å²) in [6, 6.07) is 0. The van der Waals surface area contributed by atoms with E-state index in [9.17, 15) is 0 Å². The van der Waals surface area contributed by atoms with Gasteiger partial charge in [-0.05, 0) is 37.5 Å². The van der Waals surface area contributed by atoms with Crippen LogP contribution in [0.5, 0.6) is 5.75 Å². The van der Waals surface area contributed by atoms with Crippen LogP contribution in [-0.4, -0.2) is 21.0 Å². The SMILES string of the molecule is COCNc1c(C)c(Br)c(C)c(C)c1OC. The molecular formula is C12H18BrNO2. The Balaban J connectivity index is 3.33. The molecule has 0 aliphatic heterocycles. The van der Waals surface area contributed by atoms with Crippen LogP contribution >= 0.6 is 15.9 Å². The van der Waals surface area contributed by atoms with E-state index in [-0.39, 0.29) is 0 Å². The van der Waals surface area contributed by atoms with Crippen molar-refractivity contribution < 1.29 is 9.47 Å². The third kappa shape index (κ3) is 2.33. The first-order valence-corrected chi connectivity index (χ1v) is 5.89. The molecule has 0 unspecified atom stereocenters. The van der Waals surface area contributed by atoms with E-state index in [1.807, 2.05) is 0 Å². The number of anilines is 1. The summed E-state index contributed by atoms with van der Waals surface area (Å²) in [5.41, 5.74) is 4.47. The quantitative estimate of drug-likeness (QED) is 0.861. The molecule has 4 heteroatoms. The molecular weight excluding hydrogens is 270 g/mol. The molecule has 0 saturated heterocycles. The standard InChI is InChI=1S/C12H18BrNO2/c1-7-8(2)12(16-5)11(14-6-15-4)9(3)10(7)13/h14H,6H2,1-5H3. The Bertz CT molecular complexity index is 391. The topological polar surface area (TPSA) is 30.5 Å². The fraction of sp³-hybridized carbons (Fsp3) is 0.500. The highest BCUT2D eigenvalue weighted by atomic mass is 79.9. The molecule has 3 nitrogen and oxygen atoms in total. The van der Waals surface area contributed by atoms with Crippen molar-refractivity contribution >= 4 is 21.6 Å². The summed E-state index contributed by atoms with van der Waals surface area (Å²) in [6.07, 6.45) is 0. The Hall–Kier alpha value is -0.740. The van der Waals surface area contributed by atoms with Crippen LogP contribution in [0.15, 0.2) is 4.47 Å². The molecule has 16 heavy (non-hydrogen) atoms. The lowest BCUT2D eigenvalue weighted by Crippen LogP contribution is -2.08. The highest BCUT2D eigenvalue weighted by Gasteiger charge is 2.16. The van der Waals surface area contributed by atoms with Gasteiger partial charge in [0.1, 0.15) is 12.5 Å². The molecule has 1 N–H and O–H groups in total. The zero-order valence-electron chi connectivity index (χ0n) is 10.4. The van der Waals surface area contributed by atoms with E-state index < -0.39 is 0 Å². The van der Waals surface area contributed by atoms with Gasteiger partial charge in [-0.2, -0.15) is 0 Å². The summed E-state index contributed by atoms with van der Waals surface area (Å²) in [5.74, 6) is 0.884. The number of benzene rings is 1. The van der Waals surface area contributed by atoms with Gasteiger partial charge in [-0.1, -0.05) is 15.9 Å². The van der Waals surface area contributed by atoms with Crippen molar-refractivity contribution in [3.05, 3.63) is 21.2 Å². The Morgan fingerprint density at radius 2 is 1.69 bits per heavy atom. The Morgan fingerprint density at radius 1 is 1.06 bits per heavy atom. The summed E-state index contributed by atoms with van der Waals surface area (Å²) in [4.78, 5) is 0. The van der Waals surface area contributed by atoms with E-state index in [2.05, 4.69) is 42.0 Å². The Labute approximate surface area is 105 Å². The maximum atomic E-state index is 5.45. The molecule has 90 valence electrons. The second-order valence-corrected chi connectivity index (χ2v) is 4.50. The lowest BCUT2D eigenvalue weighted by molar-refractivity contribution is 0.220. The molecule has 0 saturated carbocycles. The Kier molecular flexibility index (Phi) is 4.62. The van der Waals surface area contributed by atoms with Crippen molar-refractivity contribution in [2.45, 2.75) is 20.8 Å². The highest BCUT2D eigenvalue weighted by molar-refractivity contribution is 9.10. The van der Waals surface area contributed by atoms with Gasteiger partial charge >= 0.3 is 0 Å². The number of ether oxygens (including phenoxy) is 2. The van der Waals surface area contributed by atoms with Crippen molar-refractivity contribution in [2.24, 2.45) is 0 Å². The van der Waals surface area contributed by atoms with Gasteiger partial charge in [0.05, 0.1) is 12.8 Å². The third-order valence-electron chi connectivity index (χ3n) is 2.76. The van der Waals surface area contributed by atoms with Gasteiger partial charge in [0.15, 0.2) is 0 Å². The Morgan fingerprint density at radius 3 is 2.19 bits per heavy atom. The lowest BCUT2D eigenvalue weighted by atomic mass is 10.0. The fourth-order valence-corrected chi connectivity index (χ4v) is 2.19. The first-order chi connectivity index (χ1) is 7.54. The van der Waals surface area contributed by atoms with Gasteiger partial charge in [-0.15, -0.1) is 0 Å². The van der Waals surface area contributed by atoms with Crippen LogP contribution in [0, 0.1) is 20.8 Å². The van der Waals surface area contributed by atoms with E-state index in [0.717, 1.165) is 27.0 Å². The number of halogens is 1. The summed E-state index contributed by atoms with van der Waals surface area (Å²) in [7, 11) is 3.35. The van der Waals surface area contributed by atoms with Gasteiger partial charge in [-0.25, -0.2) is 0 Å². The molecule has 1 aromatic rings. The first-order valence-electron chi connectivity index (χ1n) is 5.10. The smallest absolute Gasteiger partial charge is 0.145 e. The van der Waals surface area contributed by atoms with Crippen molar-refractivity contribution in [3.8, 4) is 5.75 Å². The second-order valence-electron chi connectivity index (χ2n) is 3.71. The minimum absolute atomic E-state index is 0.464. The van der Waals surface area contributed by atoms with Crippen molar-refractivity contribution in [1.82, 2.24) is 0 Å². The van der Waals surface area contributed by atoms with Crippen LogP contribution in [0.1, 0.15) is 16.7 Å². The zero-order valence-corrected chi connectivity index (χ0v) is 12.0. The number of nitrogens with one attached hydrogen (secondary N) is 1. The minimum Gasteiger partial charge on any atom is -0.494 e. The molecule has 0 aromatic heterocycles. The largest absolute Gasteiger partial charge is 0.494 e. The average molecular weight is 288 g/mol. The predicted octanol–water partition coefficient (Wildman–Crippen LogP) is 3.40. The first kappa shape index (κ1) is 13.3. The van der Waals surface area contributed by atoms with E-state index in [0.29, 0.717) is 6.73 Å². The predicted molar refractivity (Wildman–Crippen MR) is 70.4 cm³/mol. The van der Waals surface area contributed by atoms with Gasteiger partial charge in [0.25, 0.3) is 0 Å². The van der Waals surface area contributed by atoms with Crippen LogP contribution in [-0.2, 0) is 4.74 Å². The molecule has 0 amide bonds. The summed E-state index contributed by atoms with van der Waals surface area (Å²) >= 11 is 3.60. The number of hydrogen-bond donors (Lipinski definition) is 1. The molecule has 0 aliphatic carbocycles. The van der Waals surface area contributed by atoms with E-state index in [4.69, 9.17) is 9.47 Å². The molecule has 0 heterocycles. The van der Waals surface area contributed by atoms with Crippen molar-refractivity contribution in [1.29, 1.82) is 0 Å². The maximum Gasteiger partial charge on any atom is 0.145 e. The summed E-state index contributed by atoms with van der Waals surface area (Å²) in [5, 5.41) is 3.21. The monoisotopic (exact) mass is 287 g/mol. The number of methoxy groups -OCH3 is 2. The van der Waals surface area contributed by atoms with Crippen LogP contribution in [0.2, 0.25) is 0 Å². The van der Waals surface area contributed by atoms with E-state index in [1.54, 1.807) is 14.2 Å². The molecule has 0 spiro atoms. The molecule has 0 bridgehead atoms. The third-order valence-corrected chi connectivity index (χ3v) is 3.95. The van der Waals surface area contributed by atoms with E-state index in [1.165, 1.54) is 5.56 Å². The fourth-order valence-electron chi connectivity index (χ4n) is 1.70. The second kappa shape index (κ2) is 5.55. The van der Waals surface area contributed by atoms with Crippen molar-refractivity contribution in [3.63, 3.8) is 0 Å². The minimum atomic E-state index is 0.464. The maximum absolute atomic E-state index is 5.45. The normalized spacial score (nSPS) is 10.4. The van der Waals surface area contributed by atoms with Crippen LogP contribution in [0.25, 0.3) is 0 Å². The summed E-state index contributed by atoms with van der Waals surface area (Å²) in [6.45, 7) is 6.65. The highest BCUT2D eigenvalue weighted by Crippen LogP contribution is 2.39.